The minimum Gasteiger partial charge on any atom is -0.322 e. The molecular weight excluding hydrogens is 819 g/mol. The fourth-order valence-electron chi connectivity index (χ4n) is 9.46. The number of unbranched alkanes of at least 4 members (excludes halogenated alkanes) is 15. The van der Waals surface area contributed by atoms with E-state index in [0.29, 0.717) is 6.04 Å². The first-order valence-corrected chi connectivity index (χ1v) is 26.5. The van der Waals surface area contributed by atoms with Gasteiger partial charge in [0.1, 0.15) is 28.1 Å². The van der Waals surface area contributed by atoms with Gasteiger partial charge in [-0.15, -0.1) is 22.7 Å². The van der Waals surface area contributed by atoms with Gasteiger partial charge in [0.2, 0.25) is 0 Å². The molecule has 0 bridgehead atoms. The van der Waals surface area contributed by atoms with Gasteiger partial charge in [-0.2, -0.15) is 23.7 Å². The number of nitrogens with zero attached hydrogens (tertiary/aromatic N) is 7. The number of pyridine rings is 1. The third kappa shape index (κ3) is 10.0. The quantitative estimate of drug-likeness (QED) is 0.0537. The molecule has 0 saturated carbocycles. The molecule has 0 amide bonds. The lowest BCUT2D eigenvalue weighted by Crippen LogP contribution is -2.10. The Morgan fingerprint density at radius 3 is 1.71 bits per heavy atom. The Balaban J connectivity index is 1.17. The molecule has 8 rings (SSSR count). The molecule has 5 aromatic heterocycles. The highest BCUT2D eigenvalue weighted by Crippen LogP contribution is 2.54. The molecule has 0 spiro atoms. The van der Waals surface area contributed by atoms with Crippen LogP contribution in [0.4, 0.5) is 11.4 Å². The van der Waals surface area contributed by atoms with Crippen molar-refractivity contribution in [3.05, 3.63) is 65.0 Å². The number of hydrogen-bond acceptors (Lipinski definition) is 7. The number of thiophene rings is 2. The molecule has 7 aromatic rings. The zero-order valence-electron chi connectivity index (χ0n) is 38.0. The van der Waals surface area contributed by atoms with E-state index in [-0.39, 0.29) is 0 Å². The van der Waals surface area contributed by atoms with Crippen molar-refractivity contribution in [3.8, 4) is 31.5 Å². The summed E-state index contributed by atoms with van der Waals surface area (Å²) < 4.78 is 12.6. The molecule has 0 saturated heterocycles. The van der Waals surface area contributed by atoms with Crippen molar-refractivity contribution < 1.29 is 0 Å². The largest absolute Gasteiger partial charge is 0.322 e. The fourth-order valence-corrected chi connectivity index (χ4v) is 12.0. The van der Waals surface area contributed by atoms with Gasteiger partial charge in [0.15, 0.2) is 0 Å². The number of rotatable bonds is 25. The Hall–Kier alpha value is -3.99. The van der Waals surface area contributed by atoms with E-state index in [1.54, 1.807) is 22.7 Å². The molecule has 62 heavy (non-hydrogen) atoms. The van der Waals surface area contributed by atoms with Gasteiger partial charge in [-0.25, -0.2) is 4.98 Å². The second-order valence-electron chi connectivity index (χ2n) is 17.8. The molecule has 0 fully saturated rings. The summed E-state index contributed by atoms with van der Waals surface area (Å²) >= 11 is 4.86. The summed E-state index contributed by atoms with van der Waals surface area (Å²) in [5.41, 5.74) is 10.6. The Kier molecular flexibility index (Phi) is 15.5. The summed E-state index contributed by atoms with van der Waals surface area (Å²) in [6.07, 6.45) is 25.7. The molecule has 2 aromatic carbocycles. The predicted octanol–water partition coefficient (Wildman–Crippen LogP) is 17.8. The molecule has 0 radical (unpaired) electrons. The molecule has 6 heterocycles. The minimum atomic E-state index is 0.430. The number of benzene rings is 2. The first-order chi connectivity index (χ1) is 30.5. The number of fused-ring (bicyclic) bond motifs is 5. The van der Waals surface area contributed by atoms with Gasteiger partial charge in [0, 0.05) is 31.4 Å². The lowest BCUT2D eigenvalue weighted by Gasteiger charge is -2.22. The van der Waals surface area contributed by atoms with Crippen molar-refractivity contribution in [2.75, 3.05) is 0 Å². The average molecular weight is 886 g/mol. The first-order valence-electron chi connectivity index (χ1n) is 24.1. The average Bonchev–Trinajstić information content (AvgIpc) is 4.14. The molecule has 1 aliphatic heterocycles. The van der Waals surface area contributed by atoms with Crippen molar-refractivity contribution in [3.63, 3.8) is 0 Å². The van der Waals surface area contributed by atoms with Gasteiger partial charge in [0.25, 0.3) is 0 Å². The maximum Gasteiger partial charge on any atom is 0.141 e. The standard InChI is InChI=1S/C52H67N7S3/c1-6-9-12-15-18-21-24-38(25-22-19-16-13-10-7-2)59-42-35-36(4)26-28-39(42)40-29-30-41(53-52(40)59)43-32-33-45(61-43)47-49-48(54-58(55-49)34-23-20-17-14-11-8-3)46(44-31-27-37(5)60-44)50-51(47)57-62-56-50/h26-33,35,38H,6-25,34H2,1-5H3. The molecular formula is C52H67N7S3. The first kappa shape index (κ1) is 44.6. The van der Waals surface area contributed by atoms with Crippen LogP contribution in [0.15, 0.2) is 63.3 Å². The Bertz CT molecular complexity index is 2640. The van der Waals surface area contributed by atoms with Crippen LogP contribution in [0.25, 0.3) is 64.4 Å². The summed E-state index contributed by atoms with van der Waals surface area (Å²) in [4.78, 5) is 12.3. The lowest BCUT2D eigenvalue weighted by molar-refractivity contribution is 0.408. The van der Waals surface area contributed by atoms with Crippen LogP contribution < -0.4 is 0 Å². The predicted molar refractivity (Wildman–Crippen MR) is 270 cm³/mol. The van der Waals surface area contributed by atoms with E-state index in [0.717, 1.165) is 67.6 Å². The summed E-state index contributed by atoms with van der Waals surface area (Å²) in [5.74, 6) is 0. The van der Waals surface area contributed by atoms with Crippen LogP contribution >= 0.6 is 22.7 Å². The second-order valence-corrected chi connectivity index (χ2v) is 20.7. The summed E-state index contributed by atoms with van der Waals surface area (Å²) in [7, 11) is 0. The van der Waals surface area contributed by atoms with Crippen LogP contribution in [-0.4, -0.2) is 24.5 Å². The van der Waals surface area contributed by atoms with Crippen LogP contribution in [0, 0.1) is 13.8 Å². The minimum absolute atomic E-state index is 0.430. The van der Waals surface area contributed by atoms with Crippen LogP contribution in [0.2, 0.25) is 0 Å². The molecule has 0 unspecified atom stereocenters. The van der Waals surface area contributed by atoms with E-state index in [9.17, 15) is 0 Å². The topological polar surface area (TPSA) is 73.2 Å². The smallest absolute Gasteiger partial charge is 0.141 e. The van der Waals surface area contributed by atoms with Crippen LogP contribution in [0.1, 0.15) is 166 Å². The van der Waals surface area contributed by atoms with E-state index in [4.69, 9.17) is 23.9 Å². The normalized spacial score (nSPS) is 12.5. The maximum atomic E-state index is 5.63. The number of aromatic nitrogens is 5. The van der Waals surface area contributed by atoms with Crippen molar-refractivity contribution >= 4 is 78.4 Å². The number of hydrogen-bond donors (Lipinski definition) is 0. The third-order valence-electron chi connectivity index (χ3n) is 12.8. The van der Waals surface area contributed by atoms with Gasteiger partial charge >= 0.3 is 0 Å². The lowest BCUT2D eigenvalue weighted by atomic mass is 9.99. The van der Waals surface area contributed by atoms with Gasteiger partial charge in [-0.3, -0.25) is 0 Å². The maximum absolute atomic E-state index is 5.63. The van der Waals surface area contributed by atoms with Crippen LogP contribution in [0.3, 0.4) is 0 Å². The summed E-state index contributed by atoms with van der Waals surface area (Å²) in [6.45, 7) is 12.1. The second kappa shape index (κ2) is 21.6. The molecule has 1 aliphatic rings. The highest BCUT2D eigenvalue weighted by atomic mass is 32.1. The fraction of sp³-hybridized carbons (Fsp3) is 0.519. The van der Waals surface area contributed by atoms with E-state index in [1.165, 1.54) is 165 Å². The SMILES string of the molecule is CCCCCCCCC(CCCCCCCC)n1c2cc(C)ccc2c2ccc(-c3ccc(-c4c5c(c(-c6ccc(C)s6)c6nn(CCCCCCCC)nc46)N=S=N5)s3)nc21. The highest BCUT2D eigenvalue weighted by molar-refractivity contribution is 7.58. The van der Waals surface area contributed by atoms with Gasteiger partial charge in [-0.1, -0.05) is 142 Å². The van der Waals surface area contributed by atoms with Gasteiger partial charge in [-0.05, 0) is 81.1 Å². The van der Waals surface area contributed by atoms with E-state index < -0.39 is 0 Å². The molecule has 0 N–H and O–H groups in total. The van der Waals surface area contributed by atoms with Crippen LogP contribution in [0.5, 0.6) is 0 Å². The Labute approximate surface area is 381 Å². The van der Waals surface area contributed by atoms with E-state index in [2.05, 4.69) is 93.8 Å². The highest BCUT2D eigenvalue weighted by Gasteiger charge is 2.29. The molecule has 0 aliphatic carbocycles. The van der Waals surface area contributed by atoms with Crippen molar-refractivity contribution in [1.82, 2.24) is 24.5 Å². The van der Waals surface area contributed by atoms with Gasteiger partial charge in [0.05, 0.1) is 45.1 Å². The molecule has 10 heteroatoms. The monoisotopic (exact) mass is 885 g/mol. The zero-order chi connectivity index (χ0) is 42.8. The summed E-state index contributed by atoms with van der Waals surface area (Å²) in [6, 6.07) is 20.9. The van der Waals surface area contributed by atoms with Crippen molar-refractivity contribution in [2.45, 2.75) is 176 Å². The summed E-state index contributed by atoms with van der Waals surface area (Å²) in [5, 5.41) is 13.1. The van der Waals surface area contributed by atoms with Crippen molar-refractivity contribution in [2.24, 2.45) is 8.73 Å². The van der Waals surface area contributed by atoms with E-state index in [1.807, 2.05) is 4.80 Å². The third-order valence-corrected chi connectivity index (χ3v) is 15.5. The van der Waals surface area contributed by atoms with Gasteiger partial charge < -0.3 is 4.57 Å². The molecule has 0 atom stereocenters. The number of aryl methyl sites for hydroxylation is 3. The Morgan fingerprint density at radius 2 is 1.10 bits per heavy atom. The van der Waals surface area contributed by atoms with Crippen LogP contribution in [-0.2, 0) is 17.9 Å². The zero-order valence-corrected chi connectivity index (χ0v) is 40.4. The molecule has 7 nitrogen and oxygen atoms in total. The van der Waals surface area contributed by atoms with Crippen molar-refractivity contribution in [1.29, 1.82) is 0 Å². The Morgan fingerprint density at radius 1 is 0.548 bits per heavy atom. The molecule has 328 valence electrons. The van der Waals surface area contributed by atoms with E-state index >= 15 is 0 Å².